The van der Waals surface area contributed by atoms with Gasteiger partial charge in [0.1, 0.15) is 16.6 Å². The summed E-state index contributed by atoms with van der Waals surface area (Å²) in [6, 6.07) is 45.6. The molecular weight excluding hydrogens is 1200 g/mol. The molecule has 2 fully saturated rings. The maximum atomic E-state index is 13.2. The highest BCUT2D eigenvalue weighted by Crippen LogP contribution is 2.28. The number of nitrogens with two attached hydrogens (primary N) is 1. The number of non-ortho nitro benzene ring substituents is 1. The maximum Gasteiger partial charge on any atom is 0.410 e. The summed E-state index contributed by atoms with van der Waals surface area (Å²) < 4.78 is 64.0. The minimum absolute atomic E-state index is 0.0650. The van der Waals surface area contributed by atoms with E-state index in [1.807, 2.05) is 96.7 Å². The fourth-order valence-corrected chi connectivity index (χ4v) is 11.7. The van der Waals surface area contributed by atoms with Gasteiger partial charge in [-0.1, -0.05) is 120 Å². The Morgan fingerprint density at radius 2 is 1.29 bits per heavy atom. The molecule has 1 unspecified atom stereocenters. The standard InChI is InChI=1S/C26H44N4O3.C14H15NO2S.C9H11BrO.C7H7ClO2S.C7H7NO2.C2H6/c1-21(2)28-17-14-27(15-18-28)16-19-30(25(31)33-26(3,4)5)22-10-12-29(13-11-22)23-8-7-9-24(20-23)32-6;1-11-7-8-14(15)12(9-11)10-18(16,17)13-5-3-2-4-6-13;1-7(11-2)8-4-3-5-9(10)6-8;8-6-11(9,10)7-4-2-1-3-5-7;1-6-2-4-7(5-3-6)8(9)10;1-2/h7-9,20-22H,10-19H2,1-6H3;2-9H,10,15H2,1H3;3-7H,1-2H3;1-5H,6H2;2-5H,1H3;1-2H3. The summed E-state index contributed by atoms with van der Waals surface area (Å²) in [4.78, 5) is 32.9. The molecule has 2 saturated heterocycles. The third-order valence-electron chi connectivity index (χ3n) is 13.7. The van der Waals surface area contributed by atoms with Gasteiger partial charge in [-0.25, -0.2) is 21.6 Å². The van der Waals surface area contributed by atoms with E-state index in [-0.39, 0.29) is 39.8 Å². The second-order valence-corrected chi connectivity index (χ2v) is 26.9. The number of hydrogen-bond acceptors (Lipinski definition) is 14. The first-order chi connectivity index (χ1) is 40.2. The van der Waals surface area contributed by atoms with Crippen molar-refractivity contribution in [1.82, 2.24) is 14.7 Å². The Morgan fingerprint density at radius 3 is 1.80 bits per heavy atom. The summed E-state index contributed by atoms with van der Waals surface area (Å²) in [7, 11) is -3.15. The number of aryl methyl sites for hydroxylation is 2. The van der Waals surface area contributed by atoms with E-state index < -0.39 is 30.2 Å². The predicted molar refractivity (Wildman–Crippen MR) is 350 cm³/mol. The van der Waals surface area contributed by atoms with E-state index in [9.17, 15) is 31.7 Å². The topological polar surface area (TPSA) is 195 Å². The third-order valence-corrected chi connectivity index (χ3v) is 18.0. The molecule has 0 bridgehead atoms. The molecule has 466 valence electrons. The van der Waals surface area contributed by atoms with Crippen LogP contribution in [0, 0.1) is 24.0 Å². The van der Waals surface area contributed by atoms with Crippen molar-refractivity contribution in [3.05, 3.63) is 189 Å². The smallest absolute Gasteiger partial charge is 0.410 e. The number of ether oxygens (including phenoxy) is 3. The van der Waals surface area contributed by atoms with Crippen LogP contribution in [0.25, 0.3) is 0 Å². The van der Waals surface area contributed by atoms with Crippen molar-refractivity contribution in [3.63, 3.8) is 0 Å². The van der Waals surface area contributed by atoms with Crippen LogP contribution < -0.4 is 15.4 Å². The molecule has 2 aliphatic heterocycles. The van der Waals surface area contributed by atoms with E-state index in [1.165, 1.54) is 35.5 Å². The van der Waals surface area contributed by atoms with E-state index in [0.717, 1.165) is 86.5 Å². The number of nitrogens with zero attached hydrogens (tertiary/aromatic N) is 5. The average Bonchev–Trinajstić information content (AvgIpc) is 3.70. The summed E-state index contributed by atoms with van der Waals surface area (Å²) in [5.74, 6) is 0.812. The molecule has 2 aliphatic rings. The number of nitrogen functional groups attached to an aromatic ring is 1. The number of halogens is 2. The molecule has 6 aromatic rings. The van der Waals surface area contributed by atoms with Gasteiger partial charge in [0.15, 0.2) is 19.7 Å². The maximum absolute atomic E-state index is 13.2. The van der Waals surface area contributed by atoms with Crippen molar-refractivity contribution in [2.75, 3.05) is 82.4 Å². The average molecular weight is 1290 g/mol. The number of benzene rings is 6. The Bertz CT molecular complexity index is 3140. The normalized spacial score (nSPS) is 14.1. The Kier molecular flexibility index (Phi) is 31.7. The molecule has 0 aromatic heterocycles. The monoisotopic (exact) mass is 1290 g/mol. The van der Waals surface area contributed by atoms with Crippen LogP contribution in [-0.4, -0.2) is 132 Å². The molecule has 0 spiro atoms. The van der Waals surface area contributed by atoms with Crippen LogP contribution in [0.5, 0.6) is 5.75 Å². The minimum Gasteiger partial charge on any atom is -0.497 e. The van der Waals surface area contributed by atoms with Crippen LogP contribution in [0.3, 0.4) is 0 Å². The molecule has 0 aliphatic carbocycles. The predicted octanol–water partition coefficient (Wildman–Crippen LogP) is 14.2. The fraction of sp³-hybridized carbons (Fsp3) is 0.431. The second-order valence-electron chi connectivity index (χ2n) is 21.4. The number of hydrogen-bond donors (Lipinski definition) is 1. The van der Waals surface area contributed by atoms with E-state index >= 15 is 0 Å². The molecule has 0 saturated carbocycles. The van der Waals surface area contributed by atoms with Crippen molar-refractivity contribution in [2.45, 2.75) is 121 Å². The molecule has 1 amide bonds. The molecule has 0 radical (unpaired) electrons. The van der Waals surface area contributed by atoms with Crippen molar-refractivity contribution >= 4 is 70.4 Å². The van der Waals surface area contributed by atoms with Gasteiger partial charge in [0, 0.05) is 106 Å². The van der Waals surface area contributed by atoms with E-state index in [0.29, 0.717) is 22.2 Å². The minimum atomic E-state index is -3.33. The zero-order valence-corrected chi connectivity index (χ0v) is 55.6. The summed E-state index contributed by atoms with van der Waals surface area (Å²) in [6.07, 6.45) is 1.88. The van der Waals surface area contributed by atoms with Gasteiger partial charge in [0.05, 0.1) is 33.7 Å². The van der Waals surface area contributed by atoms with E-state index in [4.69, 9.17) is 31.5 Å². The number of sulfone groups is 2. The summed E-state index contributed by atoms with van der Waals surface area (Å²) in [5.41, 5.74) is 11.0. The number of nitro benzene ring substituents is 1. The number of rotatable bonds is 15. The number of amides is 1. The molecule has 6 aromatic carbocycles. The van der Waals surface area contributed by atoms with E-state index in [1.54, 1.807) is 80.9 Å². The molecule has 16 nitrogen and oxygen atoms in total. The summed E-state index contributed by atoms with van der Waals surface area (Å²) in [5, 5.41) is 9.75. The first kappa shape index (κ1) is 73.2. The van der Waals surface area contributed by atoms with Crippen LogP contribution in [-0.2, 0) is 34.9 Å². The SMILES string of the molecule is CC.COC(C)c1cccc(Br)c1.COc1cccc(N2CCC(N(CCN3CCN(C(C)C)CC3)C(=O)OC(C)(C)C)CC2)c1.Cc1ccc(N)c(CS(=O)(=O)c2ccccc2)c1.Cc1ccc([N+](=O)[O-])cc1.O=S(=O)(CCl)c1ccccc1. The number of piperidine rings is 1. The molecule has 2 heterocycles. The highest BCUT2D eigenvalue weighted by molar-refractivity contribution is 9.10. The third kappa shape index (κ3) is 26.2. The number of carbonyl (C=O) groups is 1. The van der Waals surface area contributed by atoms with Gasteiger partial charge in [-0.15, -0.1) is 11.6 Å². The Hall–Kier alpha value is -6.06. The highest BCUT2D eigenvalue weighted by atomic mass is 79.9. The van der Waals surface area contributed by atoms with Crippen LogP contribution in [0.2, 0.25) is 0 Å². The fourth-order valence-electron chi connectivity index (χ4n) is 8.77. The van der Waals surface area contributed by atoms with Crippen molar-refractivity contribution in [3.8, 4) is 5.75 Å². The first-order valence-electron chi connectivity index (χ1n) is 28.6. The number of alkyl halides is 1. The van der Waals surface area contributed by atoms with Gasteiger partial charge < -0.3 is 29.7 Å². The van der Waals surface area contributed by atoms with Crippen molar-refractivity contribution in [1.29, 1.82) is 0 Å². The molecule has 20 heteroatoms. The van der Waals surface area contributed by atoms with Gasteiger partial charge in [-0.05, 0) is 134 Å². The van der Waals surface area contributed by atoms with Crippen molar-refractivity contribution in [2.24, 2.45) is 0 Å². The lowest BCUT2D eigenvalue weighted by molar-refractivity contribution is -0.384. The van der Waals surface area contributed by atoms with Gasteiger partial charge in [-0.2, -0.15) is 0 Å². The molecule has 1 atom stereocenters. The van der Waals surface area contributed by atoms with Gasteiger partial charge in [0.25, 0.3) is 5.69 Å². The van der Waals surface area contributed by atoms with Gasteiger partial charge >= 0.3 is 6.09 Å². The van der Waals surface area contributed by atoms with Crippen LogP contribution in [0.15, 0.2) is 166 Å². The molecule has 8 rings (SSSR count). The van der Waals surface area contributed by atoms with Crippen LogP contribution in [0.4, 0.5) is 21.9 Å². The summed E-state index contributed by atoms with van der Waals surface area (Å²) in [6.45, 7) is 28.0. The van der Waals surface area contributed by atoms with Crippen LogP contribution >= 0.6 is 27.5 Å². The summed E-state index contributed by atoms with van der Waals surface area (Å²) >= 11 is 8.64. The number of anilines is 2. The van der Waals surface area contributed by atoms with Crippen molar-refractivity contribution < 1.29 is 40.8 Å². The van der Waals surface area contributed by atoms with Gasteiger partial charge in [0.2, 0.25) is 0 Å². The zero-order valence-electron chi connectivity index (χ0n) is 51.6. The number of carbonyl (C=O) groups excluding carboxylic acids is 1. The lowest BCUT2D eigenvalue weighted by atomic mass is 10.0. The van der Waals surface area contributed by atoms with Gasteiger partial charge in [-0.3, -0.25) is 19.9 Å². The highest BCUT2D eigenvalue weighted by Gasteiger charge is 2.32. The Morgan fingerprint density at radius 1 is 0.741 bits per heavy atom. The van der Waals surface area contributed by atoms with E-state index in [2.05, 4.69) is 68.7 Å². The largest absolute Gasteiger partial charge is 0.497 e. The molecule has 2 N–H and O–H groups in total. The van der Waals surface area contributed by atoms with Crippen LogP contribution in [0.1, 0.15) is 96.6 Å². The number of methoxy groups -OCH3 is 2. The molecule has 85 heavy (non-hydrogen) atoms. The lowest BCUT2D eigenvalue weighted by Crippen LogP contribution is -2.53. The number of piperazine rings is 1. The lowest BCUT2D eigenvalue weighted by Gasteiger charge is -2.41. The Balaban J connectivity index is 0.000000304. The number of nitro groups is 1. The quantitative estimate of drug-likeness (QED) is 0.0441. The first-order valence-corrected chi connectivity index (χ1v) is 33.2. The molecular formula is C65H90BrClN6O10S2. The zero-order chi connectivity index (χ0) is 63.3. The Labute approximate surface area is 520 Å². The second kappa shape index (κ2) is 36.8.